The molecule has 2 aromatic rings. The van der Waals surface area contributed by atoms with Gasteiger partial charge in [0.05, 0.1) is 11.3 Å². The summed E-state index contributed by atoms with van der Waals surface area (Å²) in [5.41, 5.74) is 11.4. The number of anilines is 1. The molecule has 4 heteroatoms. The molecule has 2 atom stereocenters. The average Bonchev–Trinajstić information content (AvgIpc) is 2.53. The first kappa shape index (κ1) is 13.3. The monoisotopic (exact) mass is 293 g/mol. The number of benzene rings is 2. The number of hydrogen-bond acceptors (Lipinski definition) is 3. The van der Waals surface area contributed by atoms with Gasteiger partial charge in [-0.15, -0.1) is 0 Å². The van der Waals surface area contributed by atoms with Crippen LogP contribution in [0.3, 0.4) is 0 Å². The van der Waals surface area contributed by atoms with Crippen LogP contribution in [0.1, 0.15) is 45.7 Å². The topological polar surface area (TPSA) is 58.4 Å². The Balaban J connectivity index is 1.85. The molecular formula is C18H19N3O. The lowest BCUT2D eigenvalue weighted by atomic mass is 9.90. The third-order valence-corrected chi connectivity index (χ3v) is 4.65. The van der Waals surface area contributed by atoms with E-state index in [0.717, 1.165) is 35.3 Å². The lowest BCUT2D eigenvalue weighted by molar-refractivity contribution is 0.0925. The number of amides is 1. The van der Waals surface area contributed by atoms with Crippen LogP contribution >= 0.6 is 0 Å². The molecule has 0 fully saturated rings. The Morgan fingerprint density at radius 2 is 1.95 bits per heavy atom. The molecule has 0 spiro atoms. The van der Waals surface area contributed by atoms with E-state index in [1.807, 2.05) is 18.2 Å². The van der Waals surface area contributed by atoms with Crippen LogP contribution in [0.2, 0.25) is 0 Å². The lowest BCUT2D eigenvalue weighted by Gasteiger charge is -2.44. The molecule has 0 saturated carbocycles. The summed E-state index contributed by atoms with van der Waals surface area (Å²) in [6.07, 6.45) is 0.781. The van der Waals surface area contributed by atoms with Gasteiger partial charge in [-0.2, -0.15) is 0 Å². The minimum Gasteiger partial charge on any atom is -0.346 e. The molecule has 3 N–H and O–H groups in total. The van der Waals surface area contributed by atoms with E-state index < -0.39 is 0 Å². The molecule has 2 aromatic carbocycles. The fourth-order valence-electron chi connectivity index (χ4n) is 3.46. The van der Waals surface area contributed by atoms with E-state index >= 15 is 0 Å². The summed E-state index contributed by atoms with van der Waals surface area (Å²) in [4.78, 5) is 14.8. The van der Waals surface area contributed by atoms with E-state index in [4.69, 9.17) is 5.73 Å². The van der Waals surface area contributed by atoms with Gasteiger partial charge in [-0.1, -0.05) is 42.0 Å². The van der Waals surface area contributed by atoms with Crippen LogP contribution in [0.4, 0.5) is 5.69 Å². The van der Waals surface area contributed by atoms with Gasteiger partial charge < -0.3 is 16.0 Å². The molecule has 2 aliphatic heterocycles. The molecule has 112 valence electrons. The van der Waals surface area contributed by atoms with Crippen LogP contribution in [0, 0.1) is 6.92 Å². The van der Waals surface area contributed by atoms with Gasteiger partial charge in [-0.3, -0.25) is 4.79 Å². The largest absolute Gasteiger partial charge is 0.346 e. The summed E-state index contributed by atoms with van der Waals surface area (Å²) < 4.78 is 0. The number of nitrogens with zero attached hydrogens (tertiary/aromatic N) is 1. The number of rotatable bonds is 1. The summed E-state index contributed by atoms with van der Waals surface area (Å²) in [5, 5.41) is 3.13. The zero-order valence-electron chi connectivity index (χ0n) is 12.5. The van der Waals surface area contributed by atoms with Crippen molar-refractivity contribution >= 4 is 11.6 Å². The molecule has 0 aliphatic carbocycles. The molecule has 0 bridgehead atoms. The highest BCUT2D eigenvalue weighted by atomic mass is 16.2. The number of carbonyl (C=O) groups is 1. The van der Waals surface area contributed by atoms with Crippen LogP contribution < -0.4 is 16.0 Å². The van der Waals surface area contributed by atoms with E-state index in [1.165, 1.54) is 5.56 Å². The Morgan fingerprint density at radius 3 is 2.73 bits per heavy atom. The summed E-state index contributed by atoms with van der Waals surface area (Å²) in [6.45, 7) is 2.92. The predicted molar refractivity (Wildman–Crippen MR) is 86.7 cm³/mol. The number of nitrogens with two attached hydrogens (primary N) is 1. The second-order valence-corrected chi connectivity index (χ2v) is 6.12. The van der Waals surface area contributed by atoms with Crippen LogP contribution in [0.25, 0.3) is 0 Å². The molecule has 0 saturated heterocycles. The highest BCUT2D eigenvalue weighted by Gasteiger charge is 2.36. The molecule has 4 rings (SSSR count). The Bertz CT molecular complexity index is 738. The molecule has 0 aromatic heterocycles. The van der Waals surface area contributed by atoms with Crippen molar-refractivity contribution in [3.63, 3.8) is 0 Å². The number of nitrogens with one attached hydrogen (secondary N) is 1. The predicted octanol–water partition coefficient (Wildman–Crippen LogP) is 2.65. The van der Waals surface area contributed by atoms with E-state index in [9.17, 15) is 4.79 Å². The highest BCUT2D eigenvalue weighted by Crippen LogP contribution is 2.41. The van der Waals surface area contributed by atoms with Crippen molar-refractivity contribution in [1.29, 1.82) is 0 Å². The molecule has 2 heterocycles. The Morgan fingerprint density at radius 1 is 1.18 bits per heavy atom. The van der Waals surface area contributed by atoms with Gasteiger partial charge in [0.25, 0.3) is 5.91 Å². The van der Waals surface area contributed by atoms with Gasteiger partial charge in [0, 0.05) is 12.6 Å². The third-order valence-electron chi connectivity index (χ3n) is 4.65. The Labute approximate surface area is 129 Å². The maximum atomic E-state index is 12.5. The first-order valence-electron chi connectivity index (χ1n) is 7.68. The van der Waals surface area contributed by atoms with Gasteiger partial charge in [-0.25, -0.2) is 0 Å². The molecule has 0 unspecified atom stereocenters. The number of aryl methyl sites for hydroxylation is 1. The molecule has 0 radical (unpaired) electrons. The maximum absolute atomic E-state index is 12.5. The van der Waals surface area contributed by atoms with Gasteiger partial charge in [0.1, 0.15) is 6.17 Å². The Kier molecular flexibility index (Phi) is 2.94. The molecule has 22 heavy (non-hydrogen) atoms. The van der Waals surface area contributed by atoms with Crippen molar-refractivity contribution < 1.29 is 4.79 Å². The normalized spacial score (nSPS) is 23.0. The van der Waals surface area contributed by atoms with Crippen LogP contribution in [0.15, 0.2) is 42.5 Å². The molecule has 1 amide bonds. The number of hydrogen-bond donors (Lipinski definition) is 2. The van der Waals surface area contributed by atoms with Crippen LogP contribution in [0.5, 0.6) is 0 Å². The minimum absolute atomic E-state index is 0.00997. The third kappa shape index (κ3) is 1.91. The maximum Gasteiger partial charge on any atom is 0.255 e. The van der Waals surface area contributed by atoms with E-state index in [1.54, 1.807) is 0 Å². The van der Waals surface area contributed by atoms with Crippen LogP contribution in [-0.2, 0) is 0 Å². The standard InChI is InChI=1S/C18H19N3O/c1-11-5-7-12(8-6-11)17-20-18(22)14-4-2-3-13-15(19)9-10-21(17)16(13)14/h2-8,15,17H,9-10,19H2,1H3,(H,20,22)/t15-,17-/m0/s1. The summed E-state index contributed by atoms with van der Waals surface area (Å²) in [6, 6.07) is 14.2. The zero-order chi connectivity index (χ0) is 15.3. The number of carbonyl (C=O) groups excluding carboxylic acids is 1. The molecular weight excluding hydrogens is 274 g/mol. The van der Waals surface area contributed by atoms with Crippen LogP contribution in [-0.4, -0.2) is 12.5 Å². The quantitative estimate of drug-likeness (QED) is 0.850. The average molecular weight is 293 g/mol. The molecule has 4 nitrogen and oxygen atoms in total. The second-order valence-electron chi connectivity index (χ2n) is 6.12. The zero-order valence-corrected chi connectivity index (χ0v) is 12.5. The fourth-order valence-corrected chi connectivity index (χ4v) is 3.46. The van der Waals surface area contributed by atoms with Crippen molar-refractivity contribution in [2.45, 2.75) is 25.6 Å². The van der Waals surface area contributed by atoms with Gasteiger partial charge in [-0.05, 0) is 30.5 Å². The number of para-hydroxylation sites is 1. The van der Waals surface area contributed by atoms with Crippen molar-refractivity contribution in [3.8, 4) is 0 Å². The SMILES string of the molecule is Cc1ccc([C@H]2NC(=O)c3cccc4c3N2CC[C@@H]4N)cc1. The first-order chi connectivity index (χ1) is 10.6. The van der Waals surface area contributed by atoms with E-state index in [2.05, 4.69) is 41.4 Å². The van der Waals surface area contributed by atoms with Crippen molar-refractivity contribution in [2.24, 2.45) is 5.73 Å². The van der Waals surface area contributed by atoms with Crippen molar-refractivity contribution in [3.05, 3.63) is 64.7 Å². The smallest absolute Gasteiger partial charge is 0.255 e. The van der Waals surface area contributed by atoms with Gasteiger partial charge >= 0.3 is 0 Å². The summed E-state index contributed by atoms with van der Waals surface area (Å²) in [5.74, 6) is -0.0206. The Hall–Kier alpha value is -2.33. The van der Waals surface area contributed by atoms with Gasteiger partial charge in [0.15, 0.2) is 0 Å². The summed E-state index contributed by atoms with van der Waals surface area (Å²) >= 11 is 0. The van der Waals surface area contributed by atoms with Crippen molar-refractivity contribution in [2.75, 3.05) is 11.4 Å². The van der Waals surface area contributed by atoms with E-state index in [0.29, 0.717) is 0 Å². The lowest BCUT2D eigenvalue weighted by Crippen LogP contribution is -2.49. The molecule has 2 aliphatic rings. The van der Waals surface area contributed by atoms with E-state index in [-0.39, 0.29) is 18.1 Å². The first-order valence-corrected chi connectivity index (χ1v) is 7.68. The second kappa shape index (κ2) is 4.85. The van der Waals surface area contributed by atoms with Gasteiger partial charge in [0.2, 0.25) is 0 Å². The summed E-state index contributed by atoms with van der Waals surface area (Å²) in [7, 11) is 0. The minimum atomic E-state index is -0.116. The highest BCUT2D eigenvalue weighted by molar-refractivity contribution is 6.03. The van der Waals surface area contributed by atoms with Crippen molar-refractivity contribution in [1.82, 2.24) is 5.32 Å². The fraction of sp³-hybridized carbons (Fsp3) is 0.278.